The van der Waals surface area contributed by atoms with Gasteiger partial charge in [0.1, 0.15) is 5.82 Å². The second-order valence-corrected chi connectivity index (χ2v) is 3.43. The molecule has 0 aliphatic rings. The fourth-order valence-corrected chi connectivity index (χ4v) is 1.32. The number of nitriles is 1. The van der Waals surface area contributed by atoms with Gasteiger partial charge in [-0.3, -0.25) is 0 Å². The van der Waals surface area contributed by atoms with Gasteiger partial charge in [0, 0.05) is 0 Å². The summed E-state index contributed by atoms with van der Waals surface area (Å²) in [6.07, 6.45) is 5.60. The quantitative estimate of drug-likeness (QED) is 0.730. The van der Waals surface area contributed by atoms with Crippen LogP contribution in [0.25, 0.3) is 6.08 Å². The molecule has 0 heterocycles. The molecule has 1 nitrogen and oxygen atoms in total. The lowest BCUT2D eigenvalue weighted by atomic mass is 10.0. The number of allylic oxidation sites excluding steroid dienone is 1. The molecule has 1 unspecified atom stereocenters. The zero-order valence-electron chi connectivity index (χ0n) is 8.78. The van der Waals surface area contributed by atoms with Crippen molar-refractivity contribution in [2.45, 2.75) is 19.8 Å². The molecule has 2 heteroatoms. The van der Waals surface area contributed by atoms with Crippen molar-refractivity contribution in [3.05, 3.63) is 41.7 Å². The Balaban J connectivity index is 2.64. The highest BCUT2D eigenvalue weighted by Gasteiger charge is 1.99. The van der Waals surface area contributed by atoms with E-state index in [9.17, 15) is 4.39 Å². The second kappa shape index (κ2) is 5.98. The summed E-state index contributed by atoms with van der Waals surface area (Å²) in [6, 6.07) is 8.46. The van der Waals surface area contributed by atoms with Gasteiger partial charge in [-0.05, 0) is 24.1 Å². The molecule has 78 valence electrons. The molecule has 0 amide bonds. The highest BCUT2D eigenvalue weighted by molar-refractivity contribution is 5.49. The number of benzene rings is 1. The SMILES string of the molecule is CCCC(C#N)/C=C/c1ccc(F)cc1. The van der Waals surface area contributed by atoms with Crippen LogP contribution >= 0.6 is 0 Å². The predicted molar refractivity (Wildman–Crippen MR) is 59.4 cm³/mol. The van der Waals surface area contributed by atoms with Gasteiger partial charge in [0.2, 0.25) is 0 Å². The van der Waals surface area contributed by atoms with E-state index in [0.29, 0.717) is 0 Å². The molecule has 0 saturated heterocycles. The summed E-state index contributed by atoms with van der Waals surface area (Å²) in [6.45, 7) is 2.05. The normalized spacial score (nSPS) is 12.6. The van der Waals surface area contributed by atoms with Crippen LogP contribution in [0.15, 0.2) is 30.3 Å². The predicted octanol–water partition coefficient (Wildman–Crippen LogP) is 3.78. The molecule has 0 fully saturated rings. The third-order valence-corrected chi connectivity index (χ3v) is 2.16. The van der Waals surface area contributed by atoms with Gasteiger partial charge >= 0.3 is 0 Å². The van der Waals surface area contributed by atoms with Crippen LogP contribution in [0.1, 0.15) is 25.3 Å². The van der Waals surface area contributed by atoms with E-state index in [0.717, 1.165) is 18.4 Å². The Morgan fingerprint density at radius 2 is 2.07 bits per heavy atom. The summed E-state index contributed by atoms with van der Waals surface area (Å²) in [7, 11) is 0. The number of hydrogen-bond donors (Lipinski definition) is 0. The molecule has 0 spiro atoms. The lowest BCUT2D eigenvalue weighted by Gasteiger charge is -1.99. The molecule has 0 radical (unpaired) electrons. The van der Waals surface area contributed by atoms with Crippen LogP contribution in [-0.2, 0) is 0 Å². The Hall–Kier alpha value is -1.62. The van der Waals surface area contributed by atoms with Gasteiger partial charge in [-0.25, -0.2) is 4.39 Å². The molecule has 0 saturated carbocycles. The molecule has 0 aromatic heterocycles. The van der Waals surface area contributed by atoms with E-state index in [1.165, 1.54) is 12.1 Å². The third kappa shape index (κ3) is 3.95. The van der Waals surface area contributed by atoms with Gasteiger partial charge in [-0.1, -0.05) is 37.6 Å². The van der Waals surface area contributed by atoms with Crippen LogP contribution in [0.3, 0.4) is 0 Å². The first-order valence-electron chi connectivity index (χ1n) is 5.09. The van der Waals surface area contributed by atoms with E-state index in [2.05, 4.69) is 13.0 Å². The molecule has 1 atom stereocenters. The monoisotopic (exact) mass is 203 g/mol. The minimum Gasteiger partial charge on any atom is -0.207 e. The maximum absolute atomic E-state index is 12.6. The summed E-state index contributed by atoms with van der Waals surface area (Å²) >= 11 is 0. The Morgan fingerprint density at radius 1 is 1.40 bits per heavy atom. The average Bonchev–Trinajstić information content (AvgIpc) is 2.26. The average molecular weight is 203 g/mol. The van der Waals surface area contributed by atoms with Crippen molar-refractivity contribution in [3.63, 3.8) is 0 Å². The standard InChI is InChI=1S/C13H14FN/c1-2-3-12(10-15)5-4-11-6-8-13(14)9-7-11/h4-9,12H,2-3H2,1H3/b5-4+. The smallest absolute Gasteiger partial charge is 0.123 e. The van der Waals surface area contributed by atoms with Crippen molar-refractivity contribution >= 4 is 6.08 Å². The molecular formula is C13H14FN. The molecule has 0 aliphatic heterocycles. The molecule has 1 aromatic carbocycles. The van der Waals surface area contributed by atoms with Gasteiger partial charge in [0.25, 0.3) is 0 Å². The van der Waals surface area contributed by atoms with Crippen molar-refractivity contribution in [1.82, 2.24) is 0 Å². The van der Waals surface area contributed by atoms with Gasteiger partial charge in [0.15, 0.2) is 0 Å². The van der Waals surface area contributed by atoms with Gasteiger partial charge in [-0.2, -0.15) is 5.26 Å². The number of rotatable bonds is 4. The summed E-state index contributed by atoms with van der Waals surface area (Å²) in [4.78, 5) is 0. The zero-order valence-corrected chi connectivity index (χ0v) is 8.78. The van der Waals surface area contributed by atoms with Gasteiger partial charge in [-0.15, -0.1) is 0 Å². The minimum atomic E-state index is -0.238. The summed E-state index contributed by atoms with van der Waals surface area (Å²) < 4.78 is 12.6. The molecule has 0 N–H and O–H groups in total. The first-order valence-corrected chi connectivity index (χ1v) is 5.09. The summed E-state index contributed by atoms with van der Waals surface area (Å²) in [5.41, 5.74) is 0.924. The fraction of sp³-hybridized carbons (Fsp3) is 0.308. The lowest BCUT2D eigenvalue weighted by molar-refractivity contribution is 0.627. The van der Waals surface area contributed by atoms with Crippen LogP contribution in [-0.4, -0.2) is 0 Å². The summed E-state index contributed by atoms with van der Waals surface area (Å²) in [5.74, 6) is -0.280. The molecule has 0 bridgehead atoms. The Labute approximate surface area is 89.9 Å². The zero-order chi connectivity index (χ0) is 11.1. The fourth-order valence-electron chi connectivity index (χ4n) is 1.32. The Morgan fingerprint density at radius 3 is 2.60 bits per heavy atom. The topological polar surface area (TPSA) is 23.8 Å². The van der Waals surface area contributed by atoms with E-state index in [1.807, 2.05) is 12.2 Å². The molecule has 1 aromatic rings. The van der Waals surface area contributed by atoms with Crippen molar-refractivity contribution in [1.29, 1.82) is 5.26 Å². The van der Waals surface area contributed by atoms with E-state index in [4.69, 9.17) is 5.26 Å². The first kappa shape index (κ1) is 11.5. The lowest BCUT2D eigenvalue weighted by Crippen LogP contribution is -1.90. The molecule has 0 aliphatic carbocycles. The first-order chi connectivity index (χ1) is 7.26. The van der Waals surface area contributed by atoms with Crippen molar-refractivity contribution < 1.29 is 4.39 Å². The number of hydrogen-bond acceptors (Lipinski definition) is 1. The van der Waals surface area contributed by atoms with Crippen LogP contribution in [0.5, 0.6) is 0 Å². The molecule has 15 heavy (non-hydrogen) atoms. The van der Waals surface area contributed by atoms with Crippen molar-refractivity contribution in [2.75, 3.05) is 0 Å². The second-order valence-electron chi connectivity index (χ2n) is 3.43. The van der Waals surface area contributed by atoms with Crippen molar-refractivity contribution in [2.24, 2.45) is 5.92 Å². The highest BCUT2D eigenvalue weighted by Crippen LogP contribution is 2.10. The Bertz CT molecular complexity index is 359. The van der Waals surface area contributed by atoms with Crippen molar-refractivity contribution in [3.8, 4) is 6.07 Å². The van der Waals surface area contributed by atoms with E-state index in [-0.39, 0.29) is 11.7 Å². The van der Waals surface area contributed by atoms with Crippen LogP contribution in [0.4, 0.5) is 4.39 Å². The maximum Gasteiger partial charge on any atom is 0.123 e. The van der Waals surface area contributed by atoms with Crippen LogP contribution < -0.4 is 0 Å². The van der Waals surface area contributed by atoms with E-state index >= 15 is 0 Å². The number of nitrogens with zero attached hydrogens (tertiary/aromatic N) is 1. The van der Waals surface area contributed by atoms with Crippen LogP contribution in [0.2, 0.25) is 0 Å². The maximum atomic E-state index is 12.6. The highest BCUT2D eigenvalue weighted by atomic mass is 19.1. The molecular weight excluding hydrogens is 189 g/mol. The summed E-state index contributed by atoms with van der Waals surface area (Å²) in [5, 5.41) is 8.82. The minimum absolute atomic E-state index is 0.0416. The van der Waals surface area contributed by atoms with Crippen LogP contribution in [0, 0.1) is 23.1 Å². The van der Waals surface area contributed by atoms with Gasteiger partial charge < -0.3 is 0 Å². The van der Waals surface area contributed by atoms with Gasteiger partial charge in [0.05, 0.1) is 12.0 Å². The number of halogens is 1. The Kier molecular flexibility index (Phi) is 4.56. The molecule has 1 rings (SSSR count). The van der Waals surface area contributed by atoms with E-state index < -0.39 is 0 Å². The van der Waals surface area contributed by atoms with E-state index in [1.54, 1.807) is 12.1 Å². The largest absolute Gasteiger partial charge is 0.207 e. The third-order valence-electron chi connectivity index (χ3n) is 2.16.